The van der Waals surface area contributed by atoms with Crippen molar-refractivity contribution >= 4 is 27.5 Å². The van der Waals surface area contributed by atoms with E-state index in [-0.39, 0.29) is 23.7 Å². The number of fused-ring (bicyclic) bond motifs is 1. The van der Waals surface area contributed by atoms with E-state index in [1.54, 1.807) is 17.4 Å². The van der Waals surface area contributed by atoms with E-state index >= 15 is 0 Å². The molecule has 1 aromatic carbocycles. The first-order valence-electron chi connectivity index (χ1n) is 8.46. The fourth-order valence-corrected chi connectivity index (χ4v) is 4.01. The molecule has 3 heterocycles. The summed E-state index contributed by atoms with van der Waals surface area (Å²) in [5.41, 5.74) is 2.32. The third kappa shape index (κ3) is 3.26. The number of thiazole rings is 1. The number of nitrogens with zero attached hydrogens (tertiary/aromatic N) is 2. The van der Waals surface area contributed by atoms with Crippen molar-refractivity contribution in [3.8, 4) is 17.0 Å². The summed E-state index contributed by atoms with van der Waals surface area (Å²) in [6, 6.07) is 6.89. The summed E-state index contributed by atoms with van der Waals surface area (Å²) in [4.78, 5) is 20.2. The summed E-state index contributed by atoms with van der Waals surface area (Å²) in [5.74, 6) is 0.552. The van der Waals surface area contributed by atoms with Crippen molar-refractivity contribution in [2.24, 2.45) is 5.92 Å². The third-order valence-corrected chi connectivity index (χ3v) is 5.57. The predicted molar refractivity (Wildman–Crippen MR) is 98.8 cm³/mol. The molecule has 2 atom stereocenters. The van der Waals surface area contributed by atoms with E-state index in [1.807, 2.05) is 26.0 Å². The number of ether oxygens (including phenoxy) is 1. The minimum absolute atomic E-state index is 0.0634. The van der Waals surface area contributed by atoms with E-state index in [4.69, 9.17) is 4.74 Å². The molecule has 3 aromatic rings. The van der Waals surface area contributed by atoms with Gasteiger partial charge in [-0.2, -0.15) is 0 Å². The average molecular weight is 371 g/mol. The van der Waals surface area contributed by atoms with E-state index in [0.29, 0.717) is 18.7 Å². The van der Waals surface area contributed by atoms with Crippen LogP contribution in [0.2, 0.25) is 0 Å². The van der Waals surface area contributed by atoms with E-state index in [1.165, 1.54) is 12.3 Å². The summed E-state index contributed by atoms with van der Waals surface area (Å²) in [7, 11) is 0. The first-order chi connectivity index (χ1) is 12.5. The summed E-state index contributed by atoms with van der Waals surface area (Å²) < 4.78 is 20.4. The van der Waals surface area contributed by atoms with E-state index in [0.717, 1.165) is 26.5 Å². The Labute approximate surface area is 154 Å². The zero-order valence-corrected chi connectivity index (χ0v) is 15.3. The van der Waals surface area contributed by atoms with Gasteiger partial charge in [0.25, 0.3) is 0 Å². The summed E-state index contributed by atoms with van der Waals surface area (Å²) in [6.07, 6.45) is 1.56. The van der Waals surface area contributed by atoms with Crippen molar-refractivity contribution in [1.82, 2.24) is 15.3 Å². The largest absolute Gasteiger partial charge is 0.489 e. The molecule has 1 aliphatic heterocycles. The second-order valence-corrected chi connectivity index (χ2v) is 7.71. The lowest BCUT2D eigenvalue weighted by atomic mass is 10.0. The molecule has 0 saturated carbocycles. The number of aryl methyl sites for hydroxylation is 1. The number of nitrogens with one attached hydrogen (secondary N) is 1. The van der Waals surface area contributed by atoms with Gasteiger partial charge in [0.1, 0.15) is 17.7 Å². The molecule has 7 heteroatoms. The molecule has 0 radical (unpaired) electrons. The third-order valence-electron chi connectivity index (χ3n) is 4.57. The molecule has 0 aliphatic carbocycles. The van der Waals surface area contributed by atoms with Crippen LogP contribution in [0.5, 0.6) is 5.75 Å². The number of amides is 1. The number of halogens is 1. The molecule has 2 aromatic heterocycles. The molecule has 134 valence electrons. The molecule has 1 aliphatic rings. The minimum Gasteiger partial charge on any atom is -0.489 e. The number of aromatic nitrogens is 2. The first-order valence-corrected chi connectivity index (χ1v) is 9.28. The van der Waals surface area contributed by atoms with E-state index < -0.39 is 0 Å². The lowest BCUT2D eigenvalue weighted by molar-refractivity contribution is -0.119. The molecule has 1 amide bonds. The fourth-order valence-electron chi connectivity index (χ4n) is 3.15. The van der Waals surface area contributed by atoms with Crippen molar-refractivity contribution in [2.45, 2.75) is 26.4 Å². The molecule has 1 N–H and O–H groups in total. The highest BCUT2D eigenvalue weighted by atomic mass is 32.1. The number of pyridine rings is 1. The van der Waals surface area contributed by atoms with Gasteiger partial charge in [0.05, 0.1) is 27.1 Å². The van der Waals surface area contributed by atoms with Crippen molar-refractivity contribution < 1.29 is 13.9 Å². The van der Waals surface area contributed by atoms with Gasteiger partial charge in [0, 0.05) is 24.4 Å². The normalized spacial score (nSPS) is 18.1. The zero-order chi connectivity index (χ0) is 18.3. The number of hydrogen-bond donors (Lipinski definition) is 1. The van der Waals surface area contributed by atoms with Crippen LogP contribution in [0.3, 0.4) is 0 Å². The van der Waals surface area contributed by atoms with Gasteiger partial charge >= 0.3 is 0 Å². The summed E-state index contributed by atoms with van der Waals surface area (Å²) >= 11 is 1.57. The highest BCUT2D eigenvalue weighted by Gasteiger charge is 2.28. The number of benzene rings is 1. The topological polar surface area (TPSA) is 64.1 Å². The lowest BCUT2D eigenvalue weighted by Gasteiger charge is -2.20. The van der Waals surface area contributed by atoms with Crippen LogP contribution in [0.4, 0.5) is 4.39 Å². The molecule has 1 fully saturated rings. The molecular weight excluding hydrogens is 353 g/mol. The molecule has 0 bridgehead atoms. The maximum Gasteiger partial charge on any atom is 0.220 e. The van der Waals surface area contributed by atoms with Crippen LogP contribution >= 0.6 is 11.3 Å². The van der Waals surface area contributed by atoms with Gasteiger partial charge in [-0.1, -0.05) is 0 Å². The van der Waals surface area contributed by atoms with Crippen LogP contribution in [-0.2, 0) is 4.79 Å². The van der Waals surface area contributed by atoms with Crippen LogP contribution in [-0.4, -0.2) is 28.5 Å². The predicted octanol–water partition coefficient (Wildman–Crippen LogP) is 3.71. The van der Waals surface area contributed by atoms with Crippen molar-refractivity contribution in [3.63, 3.8) is 0 Å². The summed E-state index contributed by atoms with van der Waals surface area (Å²) in [5, 5.41) is 3.79. The van der Waals surface area contributed by atoms with Gasteiger partial charge in [-0.25, -0.2) is 9.37 Å². The number of rotatable bonds is 4. The van der Waals surface area contributed by atoms with Gasteiger partial charge in [0.2, 0.25) is 5.91 Å². The van der Waals surface area contributed by atoms with Gasteiger partial charge in [-0.15, -0.1) is 11.3 Å². The highest BCUT2D eigenvalue weighted by Crippen LogP contribution is 2.37. The van der Waals surface area contributed by atoms with Crippen molar-refractivity contribution in [2.75, 3.05) is 6.54 Å². The number of carbonyl (C=O) groups excluding carboxylic acids is 1. The Morgan fingerprint density at radius 2 is 2.23 bits per heavy atom. The van der Waals surface area contributed by atoms with Gasteiger partial charge in [-0.05, 0) is 38.1 Å². The SMILES string of the molecule is Cc1nc2cc(-c3ccc(F)cn3)cc(OC(C)C3CNC(=O)C3)c2s1. The molecule has 0 spiro atoms. The zero-order valence-electron chi connectivity index (χ0n) is 14.5. The molecule has 4 rings (SSSR count). The molecule has 26 heavy (non-hydrogen) atoms. The monoisotopic (exact) mass is 371 g/mol. The molecule has 2 unspecified atom stereocenters. The average Bonchev–Trinajstić information content (AvgIpc) is 3.20. The standard InChI is InChI=1S/C19H18FN3O2S/c1-10(13-7-18(24)22-8-13)25-17-6-12(15-4-3-14(20)9-21-15)5-16-19(17)26-11(2)23-16/h3-6,9-10,13H,7-8H2,1-2H3,(H,22,24). The maximum absolute atomic E-state index is 13.2. The van der Waals surface area contributed by atoms with E-state index in [9.17, 15) is 9.18 Å². The van der Waals surface area contributed by atoms with Crippen molar-refractivity contribution in [3.05, 3.63) is 41.3 Å². The smallest absolute Gasteiger partial charge is 0.220 e. The fraction of sp³-hybridized carbons (Fsp3) is 0.316. The lowest BCUT2D eigenvalue weighted by Crippen LogP contribution is -2.25. The van der Waals surface area contributed by atoms with Gasteiger partial charge < -0.3 is 10.1 Å². The Morgan fingerprint density at radius 3 is 2.92 bits per heavy atom. The summed E-state index contributed by atoms with van der Waals surface area (Å²) in [6.45, 7) is 4.56. The second-order valence-electron chi connectivity index (χ2n) is 6.51. The number of hydrogen-bond acceptors (Lipinski definition) is 5. The van der Waals surface area contributed by atoms with Crippen LogP contribution in [0.25, 0.3) is 21.5 Å². The Bertz CT molecular complexity index is 971. The highest BCUT2D eigenvalue weighted by molar-refractivity contribution is 7.18. The Morgan fingerprint density at radius 1 is 1.38 bits per heavy atom. The van der Waals surface area contributed by atoms with Crippen molar-refractivity contribution in [1.29, 1.82) is 0 Å². The Kier molecular flexibility index (Phi) is 4.32. The first kappa shape index (κ1) is 16.9. The van der Waals surface area contributed by atoms with Crippen LogP contribution in [0, 0.1) is 18.7 Å². The van der Waals surface area contributed by atoms with Crippen LogP contribution < -0.4 is 10.1 Å². The molecule has 1 saturated heterocycles. The van der Waals surface area contributed by atoms with Crippen LogP contribution in [0.15, 0.2) is 30.5 Å². The minimum atomic E-state index is -0.372. The van der Waals surface area contributed by atoms with E-state index in [2.05, 4.69) is 15.3 Å². The Balaban J connectivity index is 1.72. The van der Waals surface area contributed by atoms with Crippen LogP contribution in [0.1, 0.15) is 18.4 Å². The number of carbonyl (C=O) groups is 1. The molecular formula is C19H18FN3O2S. The van der Waals surface area contributed by atoms with Gasteiger partial charge in [-0.3, -0.25) is 9.78 Å². The maximum atomic E-state index is 13.2. The van der Waals surface area contributed by atoms with Gasteiger partial charge in [0.15, 0.2) is 0 Å². The Hall–Kier alpha value is -2.54. The molecule has 5 nitrogen and oxygen atoms in total. The second kappa shape index (κ2) is 6.64. The quantitative estimate of drug-likeness (QED) is 0.759.